The number of morpholine rings is 1. The molecule has 5 nitrogen and oxygen atoms in total. The number of carbonyl (C=O) groups excluding carboxylic acids is 1. The van der Waals surface area contributed by atoms with Gasteiger partial charge in [0.1, 0.15) is 0 Å². The molecule has 1 saturated heterocycles. The maximum atomic E-state index is 12.2. The molecule has 2 rings (SSSR count). The maximum absolute atomic E-state index is 12.2. The quantitative estimate of drug-likeness (QED) is 0.748. The SMILES string of the molecule is CCOC(=O)[C@H](CN)C1(N2CCOCC2)CCCC1. The van der Waals surface area contributed by atoms with Gasteiger partial charge in [0.25, 0.3) is 0 Å². The molecule has 1 aliphatic heterocycles. The van der Waals surface area contributed by atoms with Crippen LogP contribution in [0, 0.1) is 5.92 Å². The summed E-state index contributed by atoms with van der Waals surface area (Å²) in [6.07, 6.45) is 4.45. The molecule has 0 unspecified atom stereocenters. The minimum absolute atomic E-state index is 0.0925. The first kappa shape index (κ1) is 14.8. The van der Waals surface area contributed by atoms with Gasteiger partial charge in [-0.1, -0.05) is 12.8 Å². The normalized spacial score (nSPS) is 25.2. The van der Waals surface area contributed by atoms with Crippen LogP contribution in [-0.4, -0.2) is 55.9 Å². The fourth-order valence-electron chi connectivity index (χ4n) is 3.66. The van der Waals surface area contributed by atoms with Gasteiger partial charge in [-0.3, -0.25) is 9.69 Å². The van der Waals surface area contributed by atoms with Crippen molar-refractivity contribution < 1.29 is 14.3 Å². The Labute approximate surface area is 115 Å². The second-order valence-corrected chi connectivity index (χ2v) is 5.45. The molecule has 5 heteroatoms. The summed E-state index contributed by atoms with van der Waals surface area (Å²) in [5.41, 5.74) is 5.82. The molecule has 0 amide bonds. The van der Waals surface area contributed by atoms with E-state index in [0.29, 0.717) is 13.2 Å². The molecule has 19 heavy (non-hydrogen) atoms. The summed E-state index contributed by atoms with van der Waals surface area (Å²) >= 11 is 0. The second kappa shape index (κ2) is 6.68. The zero-order valence-electron chi connectivity index (χ0n) is 11.9. The van der Waals surface area contributed by atoms with Crippen LogP contribution in [0.3, 0.4) is 0 Å². The van der Waals surface area contributed by atoms with E-state index in [1.807, 2.05) is 6.92 Å². The second-order valence-electron chi connectivity index (χ2n) is 5.45. The highest BCUT2D eigenvalue weighted by Crippen LogP contribution is 2.41. The largest absolute Gasteiger partial charge is 0.466 e. The van der Waals surface area contributed by atoms with Crippen molar-refractivity contribution in [3.05, 3.63) is 0 Å². The Balaban J connectivity index is 2.18. The molecule has 110 valence electrons. The molecule has 0 bridgehead atoms. The maximum Gasteiger partial charge on any atom is 0.312 e. The van der Waals surface area contributed by atoms with E-state index in [1.165, 1.54) is 12.8 Å². The highest BCUT2D eigenvalue weighted by Gasteiger charge is 2.49. The smallest absolute Gasteiger partial charge is 0.312 e. The van der Waals surface area contributed by atoms with Gasteiger partial charge in [-0.2, -0.15) is 0 Å². The number of esters is 1. The van der Waals surface area contributed by atoms with E-state index in [4.69, 9.17) is 15.2 Å². The van der Waals surface area contributed by atoms with E-state index in [0.717, 1.165) is 39.1 Å². The van der Waals surface area contributed by atoms with Gasteiger partial charge in [0.15, 0.2) is 0 Å². The monoisotopic (exact) mass is 270 g/mol. The van der Waals surface area contributed by atoms with Gasteiger partial charge < -0.3 is 15.2 Å². The van der Waals surface area contributed by atoms with Crippen molar-refractivity contribution in [2.75, 3.05) is 39.5 Å². The van der Waals surface area contributed by atoms with Crippen LogP contribution in [0.4, 0.5) is 0 Å². The van der Waals surface area contributed by atoms with E-state index in [9.17, 15) is 4.79 Å². The van der Waals surface area contributed by atoms with Crippen molar-refractivity contribution >= 4 is 5.97 Å². The summed E-state index contributed by atoms with van der Waals surface area (Å²) in [5.74, 6) is -0.327. The summed E-state index contributed by atoms with van der Waals surface area (Å²) in [5, 5.41) is 0. The van der Waals surface area contributed by atoms with Crippen molar-refractivity contribution in [3.63, 3.8) is 0 Å². The molecular formula is C14H26N2O3. The third kappa shape index (κ3) is 2.93. The highest BCUT2D eigenvalue weighted by molar-refractivity contribution is 5.74. The molecule has 0 radical (unpaired) electrons. The van der Waals surface area contributed by atoms with Crippen molar-refractivity contribution in [1.29, 1.82) is 0 Å². The zero-order valence-corrected chi connectivity index (χ0v) is 11.9. The van der Waals surface area contributed by atoms with Crippen LogP contribution in [0.25, 0.3) is 0 Å². The third-order valence-corrected chi connectivity index (χ3v) is 4.57. The van der Waals surface area contributed by atoms with Gasteiger partial charge in [-0.25, -0.2) is 0 Å². The minimum Gasteiger partial charge on any atom is -0.466 e. The lowest BCUT2D eigenvalue weighted by molar-refractivity contribution is -0.155. The van der Waals surface area contributed by atoms with Crippen LogP contribution in [0.5, 0.6) is 0 Å². The Morgan fingerprint density at radius 2 is 2.00 bits per heavy atom. The average molecular weight is 270 g/mol. The Bertz CT molecular complexity index is 297. The predicted octanol–water partition coefficient (Wildman–Crippen LogP) is 0.769. The van der Waals surface area contributed by atoms with Crippen molar-refractivity contribution in [1.82, 2.24) is 4.90 Å². The lowest BCUT2D eigenvalue weighted by atomic mass is 9.80. The van der Waals surface area contributed by atoms with E-state index in [1.54, 1.807) is 0 Å². The van der Waals surface area contributed by atoms with E-state index < -0.39 is 0 Å². The number of hydrogen-bond donors (Lipinski definition) is 1. The molecular weight excluding hydrogens is 244 g/mol. The van der Waals surface area contributed by atoms with Crippen LogP contribution >= 0.6 is 0 Å². The zero-order chi connectivity index (χ0) is 13.7. The molecule has 2 N–H and O–H groups in total. The molecule has 0 aromatic heterocycles. The van der Waals surface area contributed by atoms with Gasteiger partial charge in [0.2, 0.25) is 0 Å². The fourth-order valence-corrected chi connectivity index (χ4v) is 3.66. The number of ether oxygens (including phenoxy) is 2. The first-order valence-corrected chi connectivity index (χ1v) is 7.44. The Kier molecular flexibility index (Phi) is 5.19. The van der Waals surface area contributed by atoms with Crippen LogP contribution in [0.15, 0.2) is 0 Å². The standard InChI is InChI=1S/C14H26N2O3/c1-2-19-13(17)12(11-15)14(5-3-4-6-14)16-7-9-18-10-8-16/h12H,2-11,15H2,1H3/t12-/m0/s1. The highest BCUT2D eigenvalue weighted by atomic mass is 16.5. The van der Waals surface area contributed by atoms with E-state index in [-0.39, 0.29) is 17.4 Å². The first-order valence-electron chi connectivity index (χ1n) is 7.44. The van der Waals surface area contributed by atoms with E-state index in [2.05, 4.69) is 4.90 Å². The molecule has 2 fully saturated rings. The van der Waals surface area contributed by atoms with Crippen molar-refractivity contribution in [2.24, 2.45) is 11.7 Å². The summed E-state index contributed by atoms with van der Waals surface area (Å²) in [6, 6.07) is 0. The van der Waals surface area contributed by atoms with Crippen molar-refractivity contribution in [3.8, 4) is 0 Å². The molecule has 1 heterocycles. The number of nitrogens with two attached hydrogens (primary N) is 1. The molecule has 1 atom stereocenters. The molecule has 0 aromatic carbocycles. The summed E-state index contributed by atoms with van der Waals surface area (Å²) in [4.78, 5) is 14.7. The summed E-state index contributed by atoms with van der Waals surface area (Å²) in [7, 11) is 0. The number of nitrogens with zero attached hydrogens (tertiary/aromatic N) is 1. The average Bonchev–Trinajstić information content (AvgIpc) is 2.91. The van der Waals surface area contributed by atoms with Crippen LogP contribution in [0.1, 0.15) is 32.6 Å². The summed E-state index contributed by atoms with van der Waals surface area (Å²) in [6.45, 7) is 5.95. The van der Waals surface area contributed by atoms with Crippen LogP contribution in [-0.2, 0) is 14.3 Å². The van der Waals surface area contributed by atoms with Crippen LogP contribution < -0.4 is 5.73 Å². The van der Waals surface area contributed by atoms with Gasteiger partial charge in [-0.05, 0) is 19.8 Å². The first-order chi connectivity index (χ1) is 9.24. The van der Waals surface area contributed by atoms with Gasteiger partial charge in [0.05, 0.1) is 25.7 Å². The van der Waals surface area contributed by atoms with Crippen molar-refractivity contribution in [2.45, 2.75) is 38.1 Å². The Hall–Kier alpha value is -0.650. The molecule has 1 saturated carbocycles. The van der Waals surface area contributed by atoms with Gasteiger partial charge in [-0.15, -0.1) is 0 Å². The minimum atomic E-state index is -0.201. The van der Waals surface area contributed by atoms with Gasteiger partial charge >= 0.3 is 5.97 Å². The lowest BCUT2D eigenvalue weighted by Gasteiger charge is -2.47. The third-order valence-electron chi connectivity index (χ3n) is 4.57. The predicted molar refractivity (Wildman–Crippen MR) is 72.8 cm³/mol. The molecule has 2 aliphatic rings. The molecule has 0 spiro atoms. The van der Waals surface area contributed by atoms with E-state index >= 15 is 0 Å². The number of rotatable bonds is 5. The lowest BCUT2D eigenvalue weighted by Crippen LogP contribution is -2.59. The van der Waals surface area contributed by atoms with Gasteiger partial charge in [0, 0.05) is 25.2 Å². The van der Waals surface area contributed by atoms with Crippen LogP contribution in [0.2, 0.25) is 0 Å². The molecule has 0 aromatic rings. The number of hydrogen-bond acceptors (Lipinski definition) is 5. The Morgan fingerprint density at radius 1 is 1.37 bits per heavy atom. The molecule has 1 aliphatic carbocycles. The fraction of sp³-hybridized carbons (Fsp3) is 0.929. The summed E-state index contributed by atoms with van der Waals surface area (Å²) < 4.78 is 10.7. The number of carbonyl (C=O) groups is 1. The Morgan fingerprint density at radius 3 is 2.53 bits per heavy atom. The topological polar surface area (TPSA) is 64.8 Å².